The van der Waals surface area contributed by atoms with Crippen LogP contribution in [0.15, 0.2) is 18.5 Å². The van der Waals surface area contributed by atoms with Crippen LogP contribution >= 0.6 is 0 Å². The number of amides is 1. The molecule has 108 valence electrons. The minimum Gasteiger partial charge on any atom is -0.481 e. The summed E-state index contributed by atoms with van der Waals surface area (Å²) in [5.74, 6) is -1.89. The molecule has 1 aromatic rings. The first-order chi connectivity index (χ1) is 9.59. The minimum atomic E-state index is -0.877. The quantitative estimate of drug-likeness (QED) is 0.916. The minimum absolute atomic E-state index is 0.00206. The number of hydrogen-bond donors (Lipinski definition) is 1. The van der Waals surface area contributed by atoms with Gasteiger partial charge in [0, 0.05) is 25.2 Å². The second kappa shape index (κ2) is 6.45. The third-order valence-electron chi connectivity index (χ3n) is 3.58. The van der Waals surface area contributed by atoms with E-state index < -0.39 is 11.8 Å². The number of aliphatic carboxylic acids is 1. The zero-order valence-electron chi connectivity index (χ0n) is 11.1. The second-order valence-corrected chi connectivity index (χ2v) is 4.94. The number of aromatic nitrogens is 1. The Labute approximate surface area is 116 Å². The van der Waals surface area contributed by atoms with E-state index in [0.717, 1.165) is 25.5 Å². The summed E-state index contributed by atoms with van der Waals surface area (Å²) in [6, 6.07) is 1.24. The van der Waals surface area contributed by atoms with Crippen molar-refractivity contribution in [2.45, 2.75) is 38.1 Å². The number of hydrogen-bond acceptors (Lipinski definition) is 3. The molecule has 0 unspecified atom stereocenters. The molecule has 2 rings (SSSR count). The zero-order chi connectivity index (χ0) is 14.5. The molecule has 20 heavy (non-hydrogen) atoms. The highest BCUT2D eigenvalue weighted by atomic mass is 19.1. The van der Waals surface area contributed by atoms with Crippen molar-refractivity contribution in [2.24, 2.45) is 0 Å². The molecule has 0 bridgehead atoms. The molecule has 1 aliphatic rings. The predicted molar refractivity (Wildman–Crippen MR) is 69.7 cm³/mol. The Morgan fingerprint density at radius 1 is 1.45 bits per heavy atom. The van der Waals surface area contributed by atoms with Crippen LogP contribution in [-0.4, -0.2) is 39.5 Å². The molecule has 1 aliphatic heterocycles. The highest BCUT2D eigenvalue weighted by Crippen LogP contribution is 2.23. The maximum Gasteiger partial charge on any atom is 0.303 e. The van der Waals surface area contributed by atoms with Crippen LogP contribution in [0.3, 0.4) is 0 Å². The van der Waals surface area contributed by atoms with Crippen molar-refractivity contribution >= 4 is 11.9 Å². The fraction of sp³-hybridized carbons (Fsp3) is 0.500. The normalized spacial score (nSPS) is 18.9. The molecule has 0 aliphatic carbocycles. The summed E-state index contributed by atoms with van der Waals surface area (Å²) in [6.45, 7) is 0.547. The lowest BCUT2D eigenvalue weighted by molar-refractivity contribution is -0.137. The lowest BCUT2D eigenvalue weighted by Crippen LogP contribution is -2.44. The van der Waals surface area contributed by atoms with Gasteiger partial charge in [-0.25, -0.2) is 4.39 Å². The molecule has 1 fully saturated rings. The van der Waals surface area contributed by atoms with Crippen LogP contribution in [0.4, 0.5) is 4.39 Å². The van der Waals surface area contributed by atoms with Crippen LogP contribution in [0.1, 0.15) is 42.5 Å². The van der Waals surface area contributed by atoms with Crippen LogP contribution in [0.5, 0.6) is 0 Å². The van der Waals surface area contributed by atoms with Gasteiger partial charge in [-0.15, -0.1) is 0 Å². The van der Waals surface area contributed by atoms with Gasteiger partial charge in [-0.1, -0.05) is 0 Å². The van der Waals surface area contributed by atoms with E-state index in [1.807, 2.05) is 0 Å². The van der Waals surface area contributed by atoms with Gasteiger partial charge in [0.1, 0.15) is 0 Å². The van der Waals surface area contributed by atoms with Crippen LogP contribution in [0.2, 0.25) is 0 Å². The first kappa shape index (κ1) is 14.4. The topological polar surface area (TPSA) is 70.5 Å². The van der Waals surface area contributed by atoms with Crippen LogP contribution in [0.25, 0.3) is 0 Å². The van der Waals surface area contributed by atoms with Crippen molar-refractivity contribution in [3.8, 4) is 0 Å². The molecule has 1 N–H and O–H groups in total. The largest absolute Gasteiger partial charge is 0.481 e. The molecule has 1 atom stereocenters. The maximum absolute atomic E-state index is 13.6. The molecule has 0 saturated carbocycles. The molecule has 1 saturated heterocycles. The number of piperidine rings is 1. The SMILES string of the molecule is O=C(O)CC[C@@H]1CCCCN1C(=O)c1ccncc1F. The molecule has 6 heteroatoms. The van der Waals surface area contributed by atoms with Gasteiger partial charge in [-0.3, -0.25) is 14.6 Å². The fourth-order valence-corrected chi connectivity index (χ4v) is 2.56. The van der Waals surface area contributed by atoms with E-state index in [4.69, 9.17) is 5.11 Å². The second-order valence-electron chi connectivity index (χ2n) is 4.94. The fourth-order valence-electron chi connectivity index (χ4n) is 2.56. The molecule has 5 nitrogen and oxygen atoms in total. The number of carbonyl (C=O) groups is 2. The van der Waals surface area contributed by atoms with Crippen LogP contribution in [0, 0.1) is 5.82 Å². The van der Waals surface area contributed by atoms with Crippen LogP contribution < -0.4 is 0 Å². The van der Waals surface area contributed by atoms with E-state index in [0.29, 0.717) is 13.0 Å². The van der Waals surface area contributed by atoms with Gasteiger partial charge in [0.15, 0.2) is 5.82 Å². The Morgan fingerprint density at radius 3 is 2.95 bits per heavy atom. The van der Waals surface area contributed by atoms with Crippen molar-refractivity contribution in [3.05, 3.63) is 29.8 Å². The smallest absolute Gasteiger partial charge is 0.303 e. The zero-order valence-corrected chi connectivity index (χ0v) is 11.1. The summed E-state index contributed by atoms with van der Waals surface area (Å²) in [7, 11) is 0. The monoisotopic (exact) mass is 280 g/mol. The van der Waals surface area contributed by atoms with E-state index >= 15 is 0 Å². The van der Waals surface area contributed by atoms with E-state index in [9.17, 15) is 14.0 Å². The number of nitrogens with zero attached hydrogens (tertiary/aromatic N) is 2. The van der Waals surface area contributed by atoms with Gasteiger partial charge in [0.05, 0.1) is 11.8 Å². The van der Waals surface area contributed by atoms with Crippen molar-refractivity contribution in [2.75, 3.05) is 6.54 Å². The third-order valence-corrected chi connectivity index (χ3v) is 3.58. The summed E-state index contributed by atoms with van der Waals surface area (Å²) in [4.78, 5) is 28.3. The summed E-state index contributed by atoms with van der Waals surface area (Å²) in [5, 5.41) is 8.76. The van der Waals surface area contributed by atoms with E-state index in [1.54, 1.807) is 4.90 Å². The highest BCUT2D eigenvalue weighted by Gasteiger charge is 2.29. The van der Waals surface area contributed by atoms with E-state index in [-0.39, 0.29) is 23.9 Å². The molecule has 2 heterocycles. The van der Waals surface area contributed by atoms with Gasteiger partial charge in [0.2, 0.25) is 0 Å². The van der Waals surface area contributed by atoms with E-state index in [1.165, 1.54) is 12.3 Å². The molecule has 1 aromatic heterocycles. The number of rotatable bonds is 4. The van der Waals surface area contributed by atoms with Gasteiger partial charge in [-0.05, 0) is 31.7 Å². The van der Waals surface area contributed by atoms with Crippen molar-refractivity contribution in [1.29, 1.82) is 0 Å². The summed E-state index contributed by atoms with van der Waals surface area (Å²) >= 11 is 0. The van der Waals surface area contributed by atoms with E-state index in [2.05, 4.69) is 4.98 Å². The molecule has 0 aromatic carbocycles. The van der Waals surface area contributed by atoms with Crippen molar-refractivity contribution in [3.63, 3.8) is 0 Å². The standard InChI is InChI=1S/C14H17FN2O3/c15-12-9-16-7-6-11(12)14(20)17-8-2-1-3-10(17)4-5-13(18)19/h6-7,9-10H,1-5,8H2,(H,18,19)/t10-/m0/s1. The first-order valence-corrected chi connectivity index (χ1v) is 6.72. The average Bonchev–Trinajstić information content (AvgIpc) is 2.45. The Morgan fingerprint density at radius 2 is 2.25 bits per heavy atom. The molecular weight excluding hydrogens is 263 g/mol. The third kappa shape index (κ3) is 3.31. The van der Waals surface area contributed by atoms with Crippen LogP contribution in [-0.2, 0) is 4.79 Å². The summed E-state index contributed by atoms with van der Waals surface area (Å²) in [5.41, 5.74) is 0.00206. The van der Waals surface area contributed by atoms with Crippen molar-refractivity contribution < 1.29 is 19.1 Å². The summed E-state index contributed by atoms with van der Waals surface area (Å²) < 4.78 is 13.6. The maximum atomic E-state index is 13.6. The van der Waals surface area contributed by atoms with Gasteiger partial charge < -0.3 is 10.0 Å². The van der Waals surface area contributed by atoms with Gasteiger partial charge >= 0.3 is 5.97 Å². The number of halogens is 1. The highest BCUT2D eigenvalue weighted by molar-refractivity contribution is 5.94. The molecular formula is C14H17FN2O3. The lowest BCUT2D eigenvalue weighted by atomic mass is 9.97. The predicted octanol–water partition coefficient (Wildman–Crippen LogP) is 2.08. The van der Waals surface area contributed by atoms with Gasteiger partial charge in [-0.2, -0.15) is 0 Å². The Balaban J connectivity index is 2.13. The average molecular weight is 280 g/mol. The van der Waals surface area contributed by atoms with Gasteiger partial charge in [0.25, 0.3) is 5.91 Å². The first-order valence-electron chi connectivity index (χ1n) is 6.72. The number of carboxylic acids is 1. The number of carboxylic acid groups (broad SMARTS) is 1. The molecule has 0 radical (unpaired) electrons. The molecule has 1 amide bonds. The number of carbonyl (C=O) groups excluding carboxylic acids is 1. The number of pyridine rings is 1. The molecule has 0 spiro atoms. The Bertz CT molecular complexity index is 507. The summed E-state index contributed by atoms with van der Waals surface area (Å²) in [6.07, 6.45) is 5.43. The van der Waals surface area contributed by atoms with Crippen molar-refractivity contribution in [1.82, 2.24) is 9.88 Å². The Kier molecular flexibility index (Phi) is 4.65. The Hall–Kier alpha value is -1.98. The number of likely N-dealkylation sites (tertiary alicyclic amines) is 1. The lowest BCUT2D eigenvalue weighted by Gasteiger charge is -2.35.